The molecule has 0 radical (unpaired) electrons. The van der Waals surface area contributed by atoms with Crippen molar-refractivity contribution in [2.75, 3.05) is 18.1 Å². The van der Waals surface area contributed by atoms with E-state index < -0.39 is 29.3 Å². The number of Topliss-reactive ketones (excluding diaryl/α,β-unsaturated/α-hetero) is 1. The van der Waals surface area contributed by atoms with Crippen LogP contribution in [0.1, 0.15) is 44.4 Å². The number of ether oxygens (including phenoxy) is 2. The summed E-state index contributed by atoms with van der Waals surface area (Å²) in [4.78, 5) is 33.0. The summed E-state index contributed by atoms with van der Waals surface area (Å²) in [6, 6.07) is 14.4. The molecule has 4 aromatic rings. The minimum atomic E-state index is -1.04. The zero-order chi connectivity index (χ0) is 29.3. The molecule has 41 heavy (non-hydrogen) atoms. The minimum absolute atomic E-state index is 0.144. The lowest BCUT2D eigenvalue weighted by molar-refractivity contribution is -0.132. The first kappa shape index (κ1) is 28.6. The van der Waals surface area contributed by atoms with Crippen molar-refractivity contribution in [2.45, 2.75) is 33.2 Å². The number of hydrogen-bond donors (Lipinski definition) is 1. The number of hydrogen-bond acceptors (Lipinski definition) is 7. The fourth-order valence-electron chi connectivity index (χ4n) is 4.58. The number of aromatic nitrogens is 1. The number of thiazole rings is 1. The highest BCUT2D eigenvalue weighted by Gasteiger charge is 2.48. The summed E-state index contributed by atoms with van der Waals surface area (Å²) in [7, 11) is 0. The van der Waals surface area contributed by atoms with Gasteiger partial charge in [-0.15, -0.1) is 0 Å². The van der Waals surface area contributed by atoms with E-state index in [9.17, 15) is 19.1 Å². The molecule has 1 aliphatic rings. The van der Waals surface area contributed by atoms with E-state index in [1.165, 1.54) is 40.5 Å². The zero-order valence-corrected chi connectivity index (χ0v) is 24.3. The topological polar surface area (TPSA) is 89.0 Å². The molecule has 1 amide bonds. The van der Waals surface area contributed by atoms with E-state index in [0.717, 1.165) is 11.1 Å². The minimum Gasteiger partial charge on any atom is -0.507 e. The molecule has 1 N–H and O–H groups in total. The van der Waals surface area contributed by atoms with Crippen LogP contribution in [-0.4, -0.2) is 35.0 Å². The van der Waals surface area contributed by atoms with Crippen LogP contribution >= 0.6 is 22.9 Å². The molecule has 5 rings (SSSR count). The summed E-state index contributed by atoms with van der Waals surface area (Å²) in [6.07, 6.45) is 0.854. The number of carbonyl (C=O) groups is 2. The lowest BCUT2D eigenvalue weighted by Gasteiger charge is -2.24. The van der Waals surface area contributed by atoms with Crippen molar-refractivity contribution in [3.8, 4) is 11.5 Å². The van der Waals surface area contributed by atoms with Gasteiger partial charge in [-0.1, -0.05) is 42.9 Å². The maximum Gasteiger partial charge on any atom is 0.301 e. The van der Waals surface area contributed by atoms with Gasteiger partial charge in [-0.25, -0.2) is 9.37 Å². The van der Waals surface area contributed by atoms with Crippen molar-refractivity contribution in [1.29, 1.82) is 0 Å². The number of anilines is 1. The summed E-state index contributed by atoms with van der Waals surface area (Å²) >= 11 is 7.38. The average molecular weight is 595 g/mol. The van der Waals surface area contributed by atoms with Crippen molar-refractivity contribution in [3.63, 3.8) is 0 Å². The van der Waals surface area contributed by atoms with Crippen molar-refractivity contribution >= 4 is 55.7 Å². The Hall–Kier alpha value is -3.95. The van der Waals surface area contributed by atoms with Gasteiger partial charge >= 0.3 is 5.91 Å². The standard InChI is InChI=1S/C31H28ClFN2O5S/c1-4-39-24-15-19(7-12-23(24)40-14-13-17(2)3)27-26(28(36)18-5-9-21(33)10-6-18)29(37)30(38)35(27)31-34-22-11-8-20(32)16-25(22)41-31/h5-12,15-17,27,36H,4,13-14H2,1-3H3/b28-26+. The van der Waals surface area contributed by atoms with Crippen LogP contribution in [0.3, 0.4) is 0 Å². The second-order valence-corrected chi connectivity index (χ2v) is 11.4. The van der Waals surface area contributed by atoms with Gasteiger partial charge in [0.15, 0.2) is 16.6 Å². The molecule has 1 aromatic heterocycles. The molecule has 1 saturated heterocycles. The highest BCUT2D eigenvalue weighted by Crippen LogP contribution is 2.46. The lowest BCUT2D eigenvalue weighted by Crippen LogP contribution is -2.29. The average Bonchev–Trinajstić information content (AvgIpc) is 3.47. The highest BCUT2D eigenvalue weighted by molar-refractivity contribution is 7.22. The molecular weight excluding hydrogens is 567 g/mol. The van der Waals surface area contributed by atoms with Crippen molar-refractivity contribution in [3.05, 3.63) is 88.2 Å². The Kier molecular flexibility index (Phi) is 8.28. The fourth-order valence-corrected chi connectivity index (χ4v) is 5.85. The normalized spacial score (nSPS) is 16.6. The third kappa shape index (κ3) is 5.78. The number of amides is 1. The molecule has 0 aliphatic carbocycles. The van der Waals surface area contributed by atoms with E-state index in [1.54, 1.807) is 36.4 Å². The highest BCUT2D eigenvalue weighted by atomic mass is 35.5. The largest absolute Gasteiger partial charge is 0.507 e. The Bertz CT molecular complexity index is 1650. The van der Waals surface area contributed by atoms with E-state index in [4.69, 9.17) is 21.1 Å². The second-order valence-electron chi connectivity index (χ2n) is 9.95. The first-order chi connectivity index (χ1) is 19.7. The molecule has 0 bridgehead atoms. The maximum absolute atomic E-state index is 13.6. The van der Waals surface area contributed by atoms with E-state index >= 15 is 0 Å². The molecular formula is C31H28ClFN2O5S. The molecule has 3 aromatic carbocycles. The number of rotatable bonds is 9. The zero-order valence-electron chi connectivity index (χ0n) is 22.7. The van der Waals surface area contributed by atoms with Crippen LogP contribution in [0.4, 0.5) is 9.52 Å². The van der Waals surface area contributed by atoms with Crippen LogP contribution in [-0.2, 0) is 9.59 Å². The van der Waals surface area contributed by atoms with Crippen molar-refractivity contribution in [2.24, 2.45) is 5.92 Å². The Labute approximate surface area is 245 Å². The van der Waals surface area contributed by atoms with Crippen LogP contribution < -0.4 is 14.4 Å². The summed E-state index contributed by atoms with van der Waals surface area (Å²) in [5.74, 6) is -1.22. The molecule has 2 heterocycles. The summed E-state index contributed by atoms with van der Waals surface area (Å²) in [5.41, 5.74) is 1.17. The number of fused-ring (bicyclic) bond motifs is 1. The molecule has 0 spiro atoms. The summed E-state index contributed by atoms with van der Waals surface area (Å²) in [6.45, 7) is 6.91. The molecule has 0 saturated carbocycles. The first-order valence-electron chi connectivity index (χ1n) is 13.2. The monoisotopic (exact) mass is 594 g/mol. The van der Waals surface area contributed by atoms with E-state index in [-0.39, 0.29) is 16.3 Å². The van der Waals surface area contributed by atoms with Crippen LogP contribution in [0.2, 0.25) is 5.02 Å². The molecule has 212 valence electrons. The number of ketones is 1. The number of halogens is 2. The van der Waals surface area contributed by atoms with Gasteiger partial charge in [-0.2, -0.15) is 0 Å². The molecule has 1 atom stereocenters. The van der Waals surface area contributed by atoms with E-state index in [2.05, 4.69) is 18.8 Å². The third-order valence-corrected chi connectivity index (χ3v) is 7.90. The molecule has 10 heteroatoms. The van der Waals surface area contributed by atoms with Gasteiger partial charge in [0.05, 0.1) is 35.0 Å². The predicted molar refractivity (Wildman–Crippen MR) is 158 cm³/mol. The predicted octanol–water partition coefficient (Wildman–Crippen LogP) is 7.54. The molecule has 1 unspecified atom stereocenters. The smallest absolute Gasteiger partial charge is 0.301 e. The van der Waals surface area contributed by atoms with Gasteiger partial charge in [0, 0.05) is 10.6 Å². The van der Waals surface area contributed by atoms with Crippen LogP contribution in [0.25, 0.3) is 16.0 Å². The van der Waals surface area contributed by atoms with Crippen molar-refractivity contribution in [1.82, 2.24) is 4.98 Å². The van der Waals surface area contributed by atoms with Gasteiger partial charge in [0.2, 0.25) is 0 Å². The quantitative estimate of drug-likeness (QED) is 0.122. The SMILES string of the molecule is CCOc1cc(C2/C(=C(\O)c3ccc(F)cc3)C(=O)C(=O)N2c2nc3ccc(Cl)cc3s2)ccc1OCCC(C)C. The summed E-state index contributed by atoms with van der Waals surface area (Å²) in [5, 5.41) is 12.1. The van der Waals surface area contributed by atoms with Gasteiger partial charge in [-0.05, 0) is 79.4 Å². The third-order valence-electron chi connectivity index (χ3n) is 6.64. The van der Waals surface area contributed by atoms with E-state index in [0.29, 0.717) is 46.7 Å². The fraction of sp³-hybridized carbons (Fsp3) is 0.258. The molecule has 7 nitrogen and oxygen atoms in total. The Morgan fingerprint density at radius 2 is 1.83 bits per heavy atom. The van der Waals surface area contributed by atoms with Gasteiger partial charge in [0.25, 0.3) is 5.78 Å². The van der Waals surface area contributed by atoms with Gasteiger partial charge in [0.1, 0.15) is 11.6 Å². The van der Waals surface area contributed by atoms with Crippen LogP contribution in [0.15, 0.2) is 66.2 Å². The number of aliphatic hydroxyl groups is 1. The first-order valence-corrected chi connectivity index (χ1v) is 14.4. The summed E-state index contributed by atoms with van der Waals surface area (Å²) < 4.78 is 26.2. The maximum atomic E-state index is 13.6. The Balaban J connectivity index is 1.67. The van der Waals surface area contributed by atoms with E-state index in [1.807, 2.05) is 6.92 Å². The van der Waals surface area contributed by atoms with Crippen LogP contribution in [0.5, 0.6) is 11.5 Å². The molecule has 1 aliphatic heterocycles. The van der Waals surface area contributed by atoms with Crippen molar-refractivity contribution < 1.29 is 28.6 Å². The molecule has 1 fully saturated rings. The number of aliphatic hydroxyl groups excluding tert-OH is 1. The van der Waals surface area contributed by atoms with Gasteiger partial charge < -0.3 is 14.6 Å². The second kappa shape index (κ2) is 11.9. The Morgan fingerprint density at radius 3 is 2.54 bits per heavy atom. The van der Waals surface area contributed by atoms with Gasteiger partial charge in [-0.3, -0.25) is 14.5 Å². The lowest BCUT2D eigenvalue weighted by atomic mass is 9.95. The number of carbonyl (C=O) groups excluding carboxylic acids is 2. The number of benzene rings is 3. The van der Waals surface area contributed by atoms with Crippen LogP contribution in [0, 0.1) is 11.7 Å². The Morgan fingerprint density at radius 1 is 1.07 bits per heavy atom. The number of nitrogens with zero attached hydrogens (tertiary/aromatic N) is 2.